The molecule has 1 saturated heterocycles. The summed E-state index contributed by atoms with van der Waals surface area (Å²) in [5.74, 6) is 1.19. The zero-order valence-corrected chi connectivity index (χ0v) is 19.8. The number of hydrogen-bond donors (Lipinski definition) is 2. The highest BCUT2D eigenvalue weighted by molar-refractivity contribution is 6.10. The number of amides is 1. The van der Waals surface area contributed by atoms with Crippen molar-refractivity contribution in [1.29, 1.82) is 0 Å². The summed E-state index contributed by atoms with van der Waals surface area (Å²) in [7, 11) is 0. The van der Waals surface area contributed by atoms with E-state index in [0.717, 1.165) is 53.8 Å². The molecule has 1 fully saturated rings. The first-order valence-corrected chi connectivity index (χ1v) is 11.2. The molecule has 2 aromatic carbocycles. The number of anilines is 3. The highest BCUT2D eigenvalue weighted by Gasteiger charge is 2.30. The number of nitrogens with one attached hydrogen (secondary N) is 2. The molecule has 8 heteroatoms. The Bertz CT molecular complexity index is 1250. The van der Waals surface area contributed by atoms with Gasteiger partial charge in [0.25, 0.3) is 5.91 Å². The number of rotatable bonds is 5. The number of carbonyl (C=O) groups excluding carboxylic acids is 1. The molecule has 1 aliphatic heterocycles. The van der Waals surface area contributed by atoms with E-state index in [4.69, 9.17) is 4.98 Å². The Morgan fingerprint density at radius 2 is 1.79 bits per heavy atom. The van der Waals surface area contributed by atoms with Gasteiger partial charge in [0.1, 0.15) is 5.82 Å². The Morgan fingerprint density at radius 1 is 1.00 bits per heavy atom. The summed E-state index contributed by atoms with van der Waals surface area (Å²) in [5.41, 5.74) is 2.55. The van der Waals surface area contributed by atoms with Gasteiger partial charge in [-0.2, -0.15) is 0 Å². The summed E-state index contributed by atoms with van der Waals surface area (Å²) >= 11 is 0. The molecule has 174 valence electrons. The van der Waals surface area contributed by atoms with Gasteiger partial charge in [0.15, 0.2) is 0 Å². The number of fused-ring (bicyclic) bond motifs is 1. The van der Waals surface area contributed by atoms with Gasteiger partial charge in [-0.05, 0) is 73.7 Å². The number of piperidine rings is 1. The van der Waals surface area contributed by atoms with E-state index < -0.39 is 0 Å². The zero-order valence-electron chi connectivity index (χ0n) is 18.9. The van der Waals surface area contributed by atoms with Crippen LogP contribution in [0.5, 0.6) is 0 Å². The molecule has 5 rings (SSSR count). The Labute approximate surface area is 205 Å². The summed E-state index contributed by atoms with van der Waals surface area (Å²) < 4.78 is 0. The van der Waals surface area contributed by atoms with Crippen molar-refractivity contribution in [2.75, 3.05) is 23.3 Å². The lowest BCUT2D eigenvalue weighted by molar-refractivity contribution is 0.0972. The van der Waals surface area contributed by atoms with Crippen LogP contribution >= 0.6 is 12.4 Å². The van der Waals surface area contributed by atoms with Crippen molar-refractivity contribution < 1.29 is 4.79 Å². The molecule has 1 aliphatic rings. The van der Waals surface area contributed by atoms with Crippen LogP contribution in [0.2, 0.25) is 0 Å². The van der Waals surface area contributed by atoms with Crippen LogP contribution in [0.4, 0.5) is 17.5 Å². The van der Waals surface area contributed by atoms with Crippen molar-refractivity contribution in [3.05, 3.63) is 84.3 Å². The molecular weight excluding hydrogens is 448 g/mol. The van der Waals surface area contributed by atoms with Gasteiger partial charge in [-0.15, -0.1) is 12.4 Å². The van der Waals surface area contributed by atoms with Crippen molar-refractivity contribution in [2.45, 2.75) is 25.8 Å². The number of benzene rings is 2. The van der Waals surface area contributed by atoms with Crippen LogP contribution in [0.1, 0.15) is 28.8 Å². The molecule has 0 aliphatic carbocycles. The number of carbonyl (C=O) groups is 1. The summed E-state index contributed by atoms with van der Waals surface area (Å²) in [6, 6.07) is 17.4. The van der Waals surface area contributed by atoms with Gasteiger partial charge in [-0.3, -0.25) is 9.69 Å². The summed E-state index contributed by atoms with van der Waals surface area (Å²) in [5, 5.41) is 8.71. The van der Waals surface area contributed by atoms with Gasteiger partial charge < -0.3 is 10.6 Å². The molecular formula is C26H27ClN6O. The minimum atomic E-state index is -0.0468. The van der Waals surface area contributed by atoms with Gasteiger partial charge in [0.2, 0.25) is 5.95 Å². The standard InChI is InChI=1S/C26H26N6O.ClH/c1-18-5-2-6-19-12-16-28-24(23(18)19)32(22-7-3-13-27-17-22)25(33)20-8-10-21(11-9-20)31-26-29-14-4-15-30-26;/h2,4-6,8-12,14-16,22,27H,3,7,13,17H2,1H3,(H,29,30,31);1H. The largest absolute Gasteiger partial charge is 0.324 e. The van der Waals surface area contributed by atoms with Gasteiger partial charge >= 0.3 is 0 Å². The minimum Gasteiger partial charge on any atom is -0.324 e. The van der Waals surface area contributed by atoms with E-state index in [0.29, 0.717) is 11.5 Å². The summed E-state index contributed by atoms with van der Waals surface area (Å²) in [6.45, 7) is 3.80. The van der Waals surface area contributed by atoms with Crippen LogP contribution in [0.25, 0.3) is 10.8 Å². The average molecular weight is 475 g/mol. The first-order chi connectivity index (χ1) is 16.2. The highest BCUT2D eigenvalue weighted by Crippen LogP contribution is 2.31. The molecule has 7 nitrogen and oxygen atoms in total. The number of halogens is 1. The fourth-order valence-electron chi connectivity index (χ4n) is 4.39. The van der Waals surface area contributed by atoms with Crippen molar-refractivity contribution in [2.24, 2.45) is 0 Å². The van der Waals surface area contributed by atoms with E-state index in [1.807, 2.05) is 41.3 Å². The molecule has 0 saturated carbocycles. The maximum Gasteiger partial charge on any atom is 0.259 e. The van der Waals surface area contributed by atoms with Crippen LogP contribution in [-0.2, 0) is 0 Å². The highest BCUT2D eigenvalue weighted by atomic mass is 35.5. The third kappa shape index (κ3) is 4.85. The Morgan fingerprint density at radius 3 is 2.53 bits per heavy atom. The second-order valence-electron chi connectivity index (χ2n) is 8.26. The third-order valence-electron chi connectivity index (χ3n) is 6.02. The van der Waals surface area contributed by atoms with Gasteiger partial charge in [0, 0.05) is 41.8 Å². The summed E-state index contributed by atoms with van der Waals surface area (Å²) in [6.07, 6.45) is 7.12. The lowest BCUT2D eigenvalue weighted by Gasteiger charge is -2.35. The van der Waals surface area contributed by atoms with Gasteiger partial charge in [-0.1, -0.05) is 18.2 Å². The fraction of sp³-hybridized carbons (Fsp3) is 0.231. The number of aromatic nitrogens is 3. The first-order valence-electron chi connectivity index (χ1n) is 11.2. The van der Waals surface area contributed by atoms with Crippen LogP contribution in [0, 0.1) is 6.92 Å². The van der Waals surface area contributed by atoms with Crippen molar-refractivity contribution in [3.8, 4) is 0 Å². The minimum absolute atomic E-state index is 0. The molecule has 1 atom stereocenters. The smallest absolute Gasteiger partial charge is 0.259 e. The molecule has 3 heterocycles. The van der Waals surface area contributed by atoms with Crippen LogP contribution in [0.15, 0.2) is 73.2 Å². The number of nitrogens with zero attached hydrogens (tertiary/aromatic N) is 4. The van der Waals surface area contributed by atoms with Gasteiger partial charge in [0.05, 0.1) is 6.04 Å². The van der Waals surface area contributed by atoms with Crippen molar-refractivity contribution in [1.82, 2.24) is 20.3 Å². The zero-order chi connectivity index (χ0) is 22.6. The number of hydrogen-bond acceptors (Lipinski definition) is 6. The normalized spacial score (nSPS) is 15.4. The second kappa shape index (κ2) is 10.6. The average Bonchev–Trinajstić information content (AvgIpc) is 2.86. The van der Waals surface area contributed by atoms with Crippen LogP contribution in [0.3, 0.4) is 0 Å². The summed E-state index contributed by atoms with van der Waals surface area (Å²) in [4.78, 5) is 28.9. The lowest BCUT2D eigenvalue weighted by Crippen LogP contribution is -2.49. The molecule has 0 radical (unpaired) electrons. The van der Waals surface area contributed by atoms with E-state index in [1.165, 1.54) is 0 Å². The lowest BCUT2D eigenvalue weighted by atomic mass is 10.0. The molecule has 0 spiro atoms. The Kier molecular flexibility index (Phi) is 7.35. The van der Waals surface area contributed by atoms with E-state index in [-0.39, 0.29) is 24.4 Å². The SMILES string of the molecule is Cc1cccc2ccnc(N(C(=O)c3ccc(Nc4ncccn4)cc3)C3CCCNC3)c12.Cl. The molecule has 34 heavy (non-hydrogen) atoms. The Hall–Kier alpha value is -3.55. The van der Waals surface area contributed by atoms with Gasteiger partial charge in [-0.25, -0.2) is 15.0 Å². The number of aryl methyl sites for hydroxylation is 1. The van der Waals surface area contributed by atoms with E-state index in [2.05, 4.69) is 39.7 Å². The maximum atomic E-state index is 13.9. The van der Waals surface area contributed by atoms with E-state index in [9.17, 15) is 4.79 Å². The first kappa shape index (κ1) is 23.6. The molecule has 1 unspecified atom stereocenters. The predicted molar refractivity (Wildman–Crippen MR) is 138 cm³/mol. The van der Waals surface area contributed by atoms with Crippen LogP contribution in [-0.4, -0.2) is 40.0 Å². The molecule has 4 aromatic rings. The molecule has 0 bridgehead atoms. The fourth-order valence-corrected chi connectivity index (χ4v) is 4.39. The molecule has 2 N–H and O–H groups in total. The molecule has 2 aromatic heterocycles. The van der Waals surface area contributed by atoms with E-state index >= 15 is 0 Å². The topological polar surface area (TPSA) is 83.0 Å². The van der Waals surface area contributed by atoms with Crippen molar-refractivity contribution >= 4 is 46.5 Å². The van der Waals surface area contributed by atoms with Crippen molar-refractivity contribution in [3.63, 3.8) is 0 Å². The Balaban J connectivity index is 0.00000274. The third-order valence-corrected chi connectivity index (χ3v) is 6.02. The van der Waals surface area contributed by atoms with Crippen LogP contribution < -0.4 is 15.5 Å². The number of pyridine rings is 1. The predicted octanol–water partition coefficient (Wildman–Crippen LogP) is 4.90. The monoisotopic (exact) mass is 474 g/mol. The second-order valence-corrected chi connectivity index (χ2v) is 8.26. The molecule has 1 amide bonds. The maximum absolute atomic E-state index is 13.9. The quantitative estimate of drug-likeness (QED) is 0.428. The van der Waals surface area contributed by atoms with E-state index in [1.54, 1.807) is 24.7 Å².